The van der Waals surface area contributed by atoms with Crippen molar-refractivity contribution < 1.29 is 5.11 Å². The Morgan fingerprint density at radius 2 is 2.07 bits per heavy atom. The Balaban J connectivity index is 2.00. The molecule has 0 atom stereocenters. The minimum Gasteiger partial charge on any atom is -0.508 e. The predicted octanol–water partition coefficient (Wildman–Crippen LogP) is 2.91. The van der Waals surface area contributed by atoms with E-state index in [0.29, 0.717) is 11.8 Å². The van der Waals surface area contributed by atoms with Crippen molar-refractivity contribution in [2.45, 2.75) is 32.7 Å². The average molecular weight is 191 g/mol. The van der Waals surface area contributed by atoms with Gasteiger partial charge in [0, 0.05) is 17.8 Å². The fourth-order valence-corrected chi connectivity index (χ4v) is 1.96. The van der Waals surface area contributed by atoms with Gasteiger partial charge in [0.25, 0.3) is 0 Å². The van der Waals surface area contributed by atoms with Gasteiger partial charge in [-0.3, -0.25) is 0 Å². The molecule has 0 bridgehead atoms. The summed E-state index contributed by atoms with van der Waals surface area (Å²) in [6.45, 7) is 4.18. The van der Waals surface area contributed by atoms with Crippen LogP contribution in [0.5, 0.6) is 5.75 Å². The molecule has 2 heteroatoms. The number of hydrogen-bond acceptors (Lipinski definition) is 2. The zero-order valence-electron chi connectivity index (χ0n) is 8.75. The van der Waals surface area contributed by atoms with E-state index < -0.39 is 0 Å². The summed E-state index contributed by atoms with van der Waals surface area (Å²) in [5, 5.41) is 12.9. The monoisotopic (exact) mass is 191 g/mol. The van der Waals surface area contributed by atoms with Gasteiger partial charge in [-0.25, -0.2) is 0 Å². The van der Waals surface area contributed by atoms with Gasteiger partial charge in [-0.1, -0.05) is 13.0 Å². The molecule has 0 radical (unpaired) electrons. The number of anilines is 1. The van der Waals surface area contributed by atoms with E-state index in [2.05, 4.69) is 12.2 Å². The van der Waals surface area contributed by atoms with Crippen molar-refractivity contribution in [1.82, 2.24) is 0 Å². The zero-order chi connectivity index (χ0) is 10.1. The van der Waals surface area contributed by atoms with Crippen LogP contribution in [0.2, 0.25) is 0 Å². The topological polar surface area (TPSA) is 32.3 Å². The van der Waals surface area contributed by atoms with Crippen LogP contribution >= 0.6 is 0 Å². The number of aromatic hydroxyl groups is 1. The summed E-state index contributed by atoms with van der Waals surface area (Å²) in [5.41, 5.74) is 1.96. The number of benzene rings is 1. The first kappa shape index (κ1) is 9.38. The summed E-state index contributed by atoms with van der Waals surface area (Å²) >= 11 is 0. The highest BCUT2D eigenvalue weighted by atomic mass is 16.3. The molecule has 2 nitrogen and oxygen atoms in total. The van der Waals surface area contributed by atoms with Crippen molar-refractivity contribution in [2.24, 2.45) is 5.92 Å². The zero-order valence-corrected chi connectivity index (χ0v) is 8.75. The molecule has 1 fully saturated rings. The molecule has 0 aromatic heterocycles. The van der Waals surface area contributed by atoms with Crippen LogP contribution in [0.3, 0.4) is 0 Å². The van der Waals surface area contributed by atoms with Crippen LogP contribution in [0.1, 0.15) is 25.3 Å². The summed E-state index contributed by atoms with van der Waals surface area (Å²) in [4.78, 5) is 0. The van der Waals surface area contributed by atoms with Gasteiger partial charge in [0.15, 0.2) is 0 Å². The van der Waals surface area contributed by atoms with E-state index in [-0.39, 0.29) is 0 Å². The second-order valence-electron chi connectivity index (χ2n) is 4.42. The number of rotatable bonds is 2. The average Bonchev–Trinajstić information content (AvgIpc) is 2.09. The summed E-state index contributed by atoms with van der Waals surface area (Å²) in [5.74, 6) is 1.23. The highest BCUT2D eigenvalue weighted by Crippen LogP contribution is 2.30. The van der Waals surface area contributed by atoms with Crippen LogP contribution in [0.25, 0.3) is 0 Å². The van der Waals surface area contributed by atoms with E-state index in [1.54, 1.807) is 6.07 Å². The minimum atomic E-state index is 0.377. The maximum Gasteiger partial charge on any atom is 0.120 e. The lowest BCUT2D eigenvalue weighted by Crippen LogP contribution is -2.33. The maximum absolute atomic E-state index is 9.52. The molecular formula is C12H17NO. The first-order valence-electron chi connectivity index (χ1n) is 5.21. The van der Waals surface area contributed by atoms with Gasteiger partial charge in [0.1, 0.15) is 5.75 Å². The number of phenols is 1. The van der Waals surface area contributed by atoms with E-state index in [1.165, 1.54) is 12.8 Å². The standard InChI is InChI=1S/C12H17NO/c1-8-5-11(6-8)13-10-4-3-9(2)12(14)7-10/h3-4,7-8,11,13-14H,5-6H2,1-2H3. The normalized spacial score (nSPS) is 25.6. The number of nitrogens with one attached hydrogen (secondary N) is 1. The molecule has 0 spiro atoms. The van der Waals surface area contributed by atoms with E-state index in [0.717, 1.165) is 17.2 Å². The highest BCUT2D eigenvalue weighted by molar-refractivity contribution is 5.51. The van der Waals surface area contributed by atoms with Crippen molar-refractivity contribution in [1.29, 1.82) is 0 Å². The summed E-state index contributed by atoms with van der Waals surface area (Å²) < 4.78 is 0. The molecule has 0 heterocycles. The van der Waals surface area contributed by atoms with Crippen molar-refractivity contribution in [2.75, 3.05) is 5.32 Å². The van der Waals surface area contributed by atoms with Crippen molar-refractivity contribution in [3.63, 3.8) is 0 Å². The molecule has 1 saturated carbocycles. The molecule has 2 rings (SSSR count). The van der Waals surface area contributed by atoms with E-state index >= 15 is 0 Å². The highest BCUT2D eigenvalue weighted by Gasteiger charge is 2.24. The van der Waals surface area contributed by atoms with E-state index in [9.17, 15) is 5.11 Å². The van der Waals surface area contributed by atoms with Crippen LogP contribution in [0.15, 0.2) is 18.2 Å². The lowest BCUT2D eigenvalue weighted by Gasteiger charge is -2.34. The Kier molecular flexibility index (Phi) is 2.36. The van der Waals surface area contributed by atoms with Gasteiger partial charge >= 0.3 is 0 Å². The molecule has 0 saturated heterocycles. The first-order valence-corrected chi connectivity index (χ1v) is 5.21. The van der Waals surface area contributed by atoms with Gasteiger partial charge < -0.3 is 10.4 Å². The molecule has 1 aromatic rings. The second kappa shape index (κ2) is 3.52. The number of hydrogen-bond donors (Lipinski definition) is 2. The van der Waals surface area contributed by atoms with Crippen molar-refractivity contribution in [3.05, 3.63) is 23.8 Å². The third-order valence-electron chi connectivity index (χ3n) is 2.95. The molecule has 2 N–H and O–H groups in total. The SMILES string of the molecule is Cc1ccc(NC2CC(C)C2)cc1O. The smallest absolute Gasteiger partial charge is 0.120 e. The maximum atomic E-state index is 9.52. The molecule has 14 heavy (non-hydrogen) atoms. The Labute approximate surface area is 85.0 Å². The molecule has 0 amide bonds. The Hall–Kier alpha value is -1.18. The Morgan fingerprint density at radius 3 is 2.64 bits per heavy atom. The second-order valence-corrected chi connectivity index (χ2v) is 4.42. The molecule has 1 aromatic carbocycles. The van der Waals surface area contributed by atoms with Crippen LogP contribution in [-0.2, 0) is 0 Å². The molecular weight excluding hydrogens is 174 g/mol. The molecule has 1 aliphatic rings. The van der Waals surface area contributed by atoms with Gasteiger partial charge in [0.2, 0.25) is 0 Å². The van der Waals surface area contributed by atoms with Crippen LogP contribution in [-0.4, -0.2) is 11.1 Å². The fraction of sp³-hybridized carbons (Fsp3) is 0.500. The number of aryl methyl sites for hydroxylation is 1. The first-order chi connectivity index (χ1) is 6.65. The van der Waals surface area contributed by atoms with E-state index in [4.69, 9.17) is 0 Å². The lowest BCUT2D eigenvalue weighted by atomic mass is 9.82. The molecule has 76 valence electrons. The van der Waals surface area contributed by atoms with Gasteiger partial charge in [-0.15, -0.1) is 0 Å². The Bertz CT molecular complexity index is 329. The molecule has 1 aliphatic carbocycles. The molecule has 0 aliphatic heterocycles. The van der Waals surface area contributed by atoms with Crippen molar-refractivity contribution >= 4 is 5.69 Å². The quantitative estimate of drug-likeness (QED) is 0.753. The van der Waals surface area contributed by atoms with Crippen LogP contribution in [0.4, 0.5) is 5.69 Å². The van der Waals surface area contributed by atoms with Crippen LogP contribution < -0.4 is 5.32 Å². The fourth-order valence-electron chi connectivity index (χ4n) is 1.96. The van der Waals surface area contributed by atoms with Gasteiger partial charge in [-0.05, 0) is 37.3 Å². The number of phenolic OH excluding ortho intramolecular Hbond substituents is 1. The minimum absolute atomic E-state index is 0.377. The predicted molar refractivity (Wildman–Crippen MR) is 58.7 cm³/mol. The summed E-state index contributed by atoms with van der Waals surface area (Å²) in [6.07, 6.45) is 2.49. The van der Waals surface area contributed by atoms with Crippen LogP contribution in [0, 0.1) is 12.8 Å². The molecule has 0 unspecified atom stereocenters. The van der Waals surface area contributed by atoms with E-state index in [1.807, 2.05) is 19.1 Å². The lowest BCUT2D eigenvalue weighted by molar-refractivity contribution is 0.309. The summed E-state index contributed by atoms with van der Waals surface area (Å²) in [7, 11) is 0. The third kappa shape index (κ3) is 1.84. The van der Waals surface area contributed by atoms with Gasteiger partial charge in [0.05, 0.1) is 0 Å². The van der Waals surface area contributed by atoms with Gasteiger partial charge in [-0.2, -0.15) is 0 Å². The summed E-state index contributed by atoms with van der Waals surface area (Å²) in [6, 6.07) is 6.38. The third-order valence-corrected chi connectivity index (χ3v) is 2.95. The largest absolute Gasteiger partial charge is 0.508 e. The Morgan fingerprint density at radius 1 is 1.36 bits per heavy atom. The van der Waals surface area contributed by atoms with Crippen molar-refractivity contribution in [3.8, 4) is 5.75 Å².